The maximum atomic E-state index is 13.0. The van der Waals surface area contributed by atoms with E-state index >= 15 is 0 Å². The van der Waals surface area contributed by atoms with Crippen LogP contribution < -0.4 is 5.32 Å². The van der Waals surface area contributed by atoms with Crippen LogP contribution in [0, 0.1) is 6.92 Å². The highest BCUT2D eigenvalue weighted by Gasteiger charge is 2.33. The van der Waals surface area contributed by atoms with Crippen molar-refractivity contribution in [2.24, 2.45) is 0 Å². The predicted molar refractivity (Wildman–Crippen MR) is 112 cm³/mol. The van der Waals surface area contributed by atoms with Crippen molar-refractivity contribution in [3.05, 3.63) is 58.4 Å². The third kappa shape index (κ3) is 4.27. The molecular formula is C23H23F3N4O3. The minimum Gasteiger partial charge on any atom is -0.455 e. The summed E-state index contributed by atoms with van der Waals surface area (Å²) < 4.78 is 52.0. The number of aromatic nitrogens is 3. The molecule has 1 N–H and O–H groups in total. The number of carbonyl (C=O) groups is 1. The summed E-state index contributed by atoms with van der Waals surface area (Å²) in [5.74, 6) is 0.677. The molecular weight excluding hydrogens is 437 g/mol. The Morgan fingerprint density at radius 2 is 2.15 bits per heavy atom. The molecule has 5 rings (SSSR count). The average Bonchev–Trinajstić information content (AvgIpc) is 3.50. The molecule has 0 unspecified atom stereocenters. The summed E-state index contributed by atoms with van der Waals surface area (Å²) in [6.45, 7) is 3.09. The maximum Gasteiger partial charge on any atom is 0.433 e. The van der Waals surface area contributed by atoms with Gasteiger partial charge in [0, 0.05) is 36.9 Å². The first-order valence-electron chi connectivity index (χ1n) is 10.9. The lowest BCUT2D eigenvalue weighted by molar-refractivity contribution is -0.141. The Bertz CT molecular complexity index is 1190. The van der Waals surface area contributed by atoms with Crippen LogP contribution in [0.5, 0.6) is 0 Å². The van der Waals surface area contributed by atoms with Gasteiger partial charge in [-0.15, -0.1) is 0 Å². The second-order valence-electron chi connectivity index (χ2n) is 8.41. The van der Waals surface area contributed by atoms with Gasteiger partial charge in [-0.3, -0.25) is 9.48 Å². The summed E-state index contributed by atoms with van der Waals surface area (Å²) in [6.07, 6.45) is 0.571. The molecule has 0 radical (unpaired) electrons. The second kappa shape index (κ2) is 8.33. The minimum absolute atomic E-state index is 0.0330. The van der Waals surface area contributed by atoms with Crippen molar-refractivity contribution >= 4 is 5.91 Å². The normalized spacial score (nSPS) is 17.6. The second-order valence-corrected chi connectivity index (χ2v) is 8.41. The number of carbonyl (C=O) groups excluding carboxylic acids is 1. The number of aryl methyl sites for hydroxylation is 2. The summed E-state index contributed by atoms with van der Waals surface area (Å²) in [4.78, 5) is 16.4. The highest BCUT2D eigenvalue weighted by atomic mass is 19.4. The molecule has 0 aromatic carbocycles. The van der Waals surface area contributed by atoms with Gasteiger partial charge in [-0.2, -0.15) is 18.3 Å². The summed E-state index contributed by atoms with van der Waals surface area (Å²) in [5, 5.41) is 7.49. The number of ether oxygens (including phenoxy) is 1. The lowest BCUT2D eigenvalue weighted by Gasteiger charge is -2.10. The van der Waals surface area contributed by atoms with Gasteiger partial charge in [0.1, 0.15) is 11.5 Å². The topological polar surface area (TPSA) is 82.2 Å². The minimum atomic E-state index is -4.50. The van der Waals surface area contributed by atoms with Crippen LogP contribution in [0.25, 0.3) is 11.3 Å². The van der Waals surface area contributed by atoms with Gasteiger partial charge >= 0.3 is 6.18 Å². The van der Waals surface area contributed by atoms with Gasteiger partial charge in [0.05, 0.1) is 24.0 Å². The molecule has 33 heavy (non-hydrogen) atoms. The van der Waals surface area contributed by atoms with E-state index in [-0.39, 0.29) is 30.0 Å². The molecule has 4 heterocycles. The van der Waals surface area contributed by atoms with Gasteiger partial charge in [-0.1, -0.05) is 6.07 Å². The Balaban J connectivity index is 1.37. The van der Waals surface area contributed by atoms with E-state index < -0.39 is 11.9 Å². The first-order chi connectivity index (χ1) is 15.8. The lowest BCUT2D eigenvalue weighted by Crippen LogP contribution is -2.31. The van der Waals surface area contributed by atoms with Crippen LogP contribution >= 0.6 is 0 Å². The summed E-state index contributed by atoms with van der Waals surface area (Å²) in [6, 6.07) is 3.83. The highest BCUT2D eigenvalue weighted by molar-refractivity contribution is 5.95. The smallest absolute Gasteiger partial charge is 0.433 e. The SMILES string of the molecule is Cc1c(C(=O)NC[C@@H]2CCCO2)oc2c1-c1nn(Cc3cccc(C(F)(F)F)n3)cc1CC2. The number of hydrogen-bond donors (Lipinski definition) is 1. The number of hydrogen-bond acceptors (Lipinski definition) is 5. The van der Waals surface area contributed by atoms with E-state index in [1.807, 2.05) is 13.1 Å². The zero-order valence-electron chi connectivity index (χ0n) is 18.0. The van der Waals surface area contributed by atoms with Gasteiger partial charge in [0.15, 0.2) is 5.76 Å². The summed E-state index contributed by atoms with van der Waals surface area (Å²) >= 11 is 0. The molecule has 1 atom stereocenters. The maximum absolute atomic E-state index is 13.0. The van der Waals surface area contributed by atoms with Gasteiger partial charge in [0.25, 0.3) is 5.91 Å². The molecule has 1 amide bonds. The van der Waals surface area contributed by atoms with E-state index in [0.29, 0.717) is 36.4 Å². The number of amides is 1. The van der Waals surface area contributed by atoms with Crippen LogP contribution in [0.1, 0.15) is 51.7 Å². The van der Waals surface area contributed by atoms with Crippen LogP contribution in [0.15, 0.2) is 28.8 Å². The van der Waals surface area contributed by atoms with Crippen molar-refractivity contribution < 1.29 is 27.1 Å². The number of furan rings is 1. The quantitative estimate of drug-likeness (QED) is 0.624. The molecule has 0 spiro atoms. The number of fused-ring (bicyclic) bond motifs is 3. The molecule has 3 aromatic heterocycles. The molecule has 0 saturated carbocycles. The van der Waals surface area contributed by atoms with E-state index in [1.54, 1.807) is 10.7 Å². The molecule has 2 aliphatic rings. The fourth-order valence-corrected chi connectivity index (χ4v) is 4.44. The molecule has 1 aliphatic heterocycles. The number of pyridine rings is 1. The first kappa shape index (κ1) is 21.7. The number of rotatable bonds is 5. The molecule has 1 fully saturated rings. The zero-order chi connectivity index (χ0) is 23.2. The van der Waals surface area contributed by atoms with Crippen LogP contribution in [-0.4, -0.2) is 39.9 Å². The highest BCUT2D eigenvalue weighted by Crippen LogP contribution is 2.38. The monoisotopic (exact) mass is 460 g/mol. The van der Waals surface area contributed by atoms with Crippen LogP contribution in [0.2, 0.25) is 0 Å². The number of halogens is 3. The third-order valence-electron chi connectivity index (χ3n) is 6.06. The average molecular weight is 460 g/mol. The lowest BCUT2D eigenvalue weighted by atomic mass is 9.93. The summed E-state index contributed by atoms with van der Waals surface area (Å²) in [7, 11) is 0. The third-order valence-corrected chi connectivity index (χ3v) is 6.06. The van der Waals surface area contributed by atoms with Crippen molar-refractivity contribution in [2.75, 3.05) is 13.2 Å². The van der Waals surface area contributed by atoms with Gasteiger partial charge < -0.3 is 14.5 Å². The van der Waals surface area contributed by atoms with Gasteiger partial charge in [0.2, 0.25) is 0 Å². The Morgan fingerprint density at radius 1 is 1.30 bits per heavy atom. The largest absolute Gasteiger partial charge is 0.455 e. The number of nitrogens with zero attached hydrogens (tertiary/aromatic N) is 3. The zero-order valence-corrected chi connectivity index (χ0v) is 18.0. The molecule has 3 aromatic rings. The number of alkyl halides is 3. The molecule has 1 aliphatic carbocycles. The van der Waals surface area contributed by atoms with Crippen molar-refractivity contribution in [3.8, 4) is 11.3 Å². The first-order valence-corrected chi connectivity index (χ1v) is 10.9. The number of nitrogens with one attached hydrogen (secondary N) is 1. The molecule has 0 bridgehead atoms. The Labute approximate surface area is 187 Å². The van der Waals surface area contributed by atoms with Crippen molar-refractivity contribution in [1.82, 2.24) is 20.1 Å². The van der Waals surface area contributed by atoms with Gasteiger partial charge in [-0.05, 0) is 43.9 Å². The van der Waals surface area contributed by atoms with Crippen molar-refractivity contribution in [3.63, 3.8) is 0 Å². The molecule has 10 heteroatoms. The van der Waals surface area contributed by atoms with E-state index in [1.165, 1.54) is 6.07 Å². The van der Waals surface area contributed by atoms with E-state index in [4.69, 9.17) is 9.15 Å². The fraction of sp³-hybridized carbons (Fsp3) is 0.435. The predicted octanol–water partition coefficient (Wildman–Crippen LogP) is 3.92. The fourth-order valence-electron chi connectivity index (χ4n) is 4.44. The van der Waals surface area contributed by atoms with E-state index in [0.717, 1.165) is 36.6 Å². The van der Waals surface area contributed by atoms with Crippen molar-refractivity contribution in [1.29, 1.82) is 0 Å². The van der Waals surface area contributed by atoms with E-state index in [2.05, 4.69) is 15.4 Å². The van der Waals surface area contributed by atoms with E-state index in [9.17, 15) is 18.0 Å². The molecule has 1 saturated heterocycles. The van der Waals surface area contributed by atoms with Crippen LogP contribution in [0.4, 0.5) is 13.2 Å². The van der Waals surface area contributed by atoms with Crippen molar-refractivity contribution in [2.45, 2.75) is 51.4 Å². The van der Waals surface area contributed by atoms with Crippen LogP contribution in [0.3, 0.4) is 0 Å². The standard InChI is InChI=1S/C23H23F3N4O3/c1-13-19-17(33-21(13)22(31)27-10-16-5-3-9-32-16)8-7-14-11-30(29-20(14)19)12-15-4-2-6-18(28-15)23(24,25)26/h2,4,6,11,16H,3,5,7-10,12H2,1H3,(H,27,31)/t16-/m0/s1. The Kier molecular flexibility index (Phi) is 5.48. The molecule has 7 nitrogen and oxygen atoms in total. The Morgan fingerprint density at radius 3 is 2.91 bits per heavy atom. The Hall–Kier alpha value is -3.14. The van der Waals surface area contributed by atoms with Gasteiger partial charge in [-0.25, -0.2) is 4.98 Å². The van der Waals surface area contributed by atoms with Crippen LogP contribution in [-0.2, 0) is 30.3 Å². The molecule has 174 valence electrons. The summed E-state index contributed by atoms with van der Waals surface area (Å²) in [5.41, 5.74) is 2.49.